The highest BCUT2D eigenvalue weighted by atomic mass is 35.5. The maximum atomic E-state index is 6.25. The van der Waals surface area contributed by atoms with Crippen LogP contribution in [0.1, 0.15) is 48.2 Å². The van der Waals surface area contributed by atoms with E-state index in [-0.39, 0.29) is 25.1 Å². The standard InChI is InChI=1S/C20H21N3O2.ClH/c21-20(12-7-13-20)19-22-17(25-23-19)14-24-18(15-8-3-1-4-9-15)16-10-5-2-6-11-16;/h1-6,8-11,18H,7,12-14,21H2;1H. The predicted molar refractivity (Wildman–Crippen MR) is 101 cm³/mol. The van der Waals surface area contributed by atoms with Crippen LogP contribution in [-0.4, -0.2) is 10.1 Å². The van der Waals surface area contributed by atoms with Crippen molar-refractivity contribution in [3.8, 4) is 0 Å². The highest BCUT2D eigenvalue weighted by Crippen LogP contribution is 2.37. The van der Waals surface area contributed by atoms with Gasteiger partial charge in [-0.25, -0.2) is 0 Å². The Morgan fingerprint density at radius 1 is 1.00 bits per heavy atom. The molecular formula is C20H22ClN3O2. The molecule has 0 atom stereocenters. The number of aromatic nitrogens is 2. The van der Waals surface area contributed by atoms with Crippen molar-refractivity contribution in [3.05, 3.63) is 83.5 Å². The lowest BCUT2D eigenvalue weighted by Gasteiger charge is -2.34. The fraction of sp³-hybridized carbons (Fsp3) is 0.300. The zero-order chi connectivity index (χ0) is 17.1. The van der Waals surface area contributed by atoms with Crippen LogP contribution in [0.3, 0.4) is 0 Å². The van der Waals surface area contributed by atoms with Gasteiger partial charge in [-0.1, -0.05) is 65.8 Å². The average Bonchev–Trinajstić information content (AvgIpc) is 3.11. The second-order valence-corrected chi connectivity index (χ2v) is 6.53. The van der Waals surface area contributed by atoms with Crippen molar-refractivity contribution in [2.45, 2.75) is 37.5 Å². The van der Waals surface area contributed by atoms with Gasteiger partial charge in [-0.3, -0.25) is 0 Å². The van der Waals surface area contributed by atoms with Crippen molar-refractivity contribution >= 4 is 12.4 Å². The predicted octanol–water partition coefficient (Wildman–Crippen LogP) is 4.14. The molecule has 136 valence electrons. The number of nitrogens with zero attached hydrogens (tertiary/aromatic N) is 2. The van der Waals surface area contributed by atoms with E-state index in [1.807, 2.05) is 36.4 Å². The van der Waals surface area contributed by atoms with Crippen LogP contribution in [0.2, 0.25) is 0 Å². The maximum Gasteiger partial charge on any atom is 0.252 e. The van der Waals surface area contributed by atoms with E-state index >= 15 is 0 Å². The molecule has 5 nitrogen and oxygen atoms in total. The molecule has 1 aromatic heterocycles. The molecule has 1 fully saturated rings. The lowest BCUT2D eigenvalue weighted by molar-refractivity contribution is 0.0492. The summed E-state index contributed by atoms with van der Waals surface area (Å²) in [6, 6.07) is 20.2. The fourth-order valence-electron chi connectivity index (χ4n) is 3.09. The van der Waals surface area contributed by atoms with Gasteiger partial charge < -0.3 is 15.0 Å². The number of hydrogen-bond acceptors (Lipinski definition) is 5. The van der Waals surface area contributed by atoms with Gasteiger partial charge in [0.1, 0.15) is 12.7 Å². The first-order chi connectivity index (χ1) is 12.2. The highest BCUT2D eigenvalue weighted by molar-refractivity contribution is 5.85. The Bertz CT molecular complexity index is 780. The van der Waals surface area contributed by atoms with Crippen LogP contribution in [0.15, 0.2) is 65.2 Å². The molecule has 4 rings (SSSR count). The van der Waals surface area contributed by atoms with Gasteiger partial charge in [0.2, 0.25) is 0 Å². The van der Waals surface area contributed by atoms with E-state index in [0.29, 0.717) is 11.7 Å². The van der Waals surface area contributed by atoms with Crippen LogP contribution in [0, 0.1) is 0 Å². The Labute approximate surface area is 159 Å². The van der Waals surface area contributed by atoms with Gasteiger partial charge in [0.25, 0.3) is 5.89 Å². The molecule has 26 heavy (non-hydrogen) atoms. The molecule has 6 heteroatoms. The lowest BCUT2D eigenvalue weighted by atomic mass is 9.77. The molecular weight excluding hydrogens is 350 g/mol. The quantitative estimate of drug-likeness (QED) is 0.705. The Kier molecular flexibility index (Phi) is 5.71. The Morgan fingerprint density at radius 2 is 1.58 bits per heavy atom. The van der Waals surface area contributed by atoms with Crippen molar-refractivity contribution in [3.63, 3.8) is 0 Å². The zero-order valence-electron chi connectivity index (χ0n) is 14.4. The average molecular weight is 372 g/mol. The van der Waals surface area contributed by atoms with Crippen LogP contribution in [-0.2, 0) is 16.9 Å². The Morgan fingerprint density at radius 3 is 2.08 bits per heavy atom. The van der Waals surface area contributed by atoms with E-state index in [1.165, 1.54) is 0 Å². The topological polar surface area (TPSA) is 74.2 Å². The summed E-state index contributed by atoms with van der Waals surface area (Å²) in [5.74, 6) is 1.05. The molecule has 1 aliphatic rings. The van der Waals surface area contributed by atoms with Gasteiger partial charge in [0, 0.05) is 0 Å². The molecule has 0 saturated heterocycles. The van der Waals surface area contributed by atoms with Gasteiger partial charge in [-0.15, -0.1) is 12.4 Å². The van der Waals surface area contributed by atoms with Crippen molar-refractivity contribution in [1.82, 2.24) is 10.1 Å². The molecule has 0 aliphatic heterocycles. The second kappa shape index (κ2) is 7.99. The third-order valence-electron chi connectivity index (χ3n) is 4.74. The summed E-state index contributed by atoms with van der Waals surface area (Å²) in [6.07, 6.45) is 2.74. The van der Waals surface area contributed by atoms with Crippen LogP contribution in [0.4, 0.5) is 0 Å². The molecule has 2 aromatic carbocycles. The zero-order valence-corrected chi connectivity index (χ0v) is 15.2. The molecule has 0 unspecified atom stereocenters. The van der Waals surface area contributed by atoms with E-state index in [0.717, 1.165) is 30.4 Å². The molecule has 3 aromatic rings. The number of halogens is 1. The first-order valence-corrected chi connectivity index (χ1v) is 8.58. The second-order valence-electron chi connectivity index (χ2n) is 6.53. The third kappa shape index (κ3) is 3.80. The van der Waals surface area contributed by atoms with Crippen LogP contribution >= 0.6 is 12.4 Å². The van der Waals surface area contributed by atoms with Crippen molar-refractivity contribution < 1.29 is 9.26 Å². The van der Waals surface area contributed by atoms with Crippen molar-refractivity contribution in [1.29, 1.82) is 0 Å². The summed E-state index contributed by atoms with van der Waals surface area (Å²) >= 11 is 0. The van der Waals surface area contributed by atoms with E-state index in [2.05, 4.69) is 34.4 Å². The summed E-state index contributed by atoms with van der Waals surface area (Å²) in [6.45, 7) is 0.248. The van der Waals surface area contributed by atoms with Gasteiger partial charge >= 0.3 is 0 Å². The SMILES string of the molecule is Cl.NC1(c2noc(COC(c3ccccc3)c3ccccc3)n2)CCC1. The largest absolute Gasteiger partial charge is 0.359 e. The minimum atomic E-state index is -0.417. The number of hydrogen-bond donors (Lipinski definition) is 1. The first-order valence-electron chi connectivity index (χ1n) is 8.58. The van der Waals surface area contributed by atoms with E-state index in [9.17, 15) is 0 Å². The normalized spacial score (nSPS) is 15.3. The molecule has 1 aliphatic carbocycles. The number of ether oxygens (including phenoxy) is 1. The van der Waals surface area contributed by atoms with Crippen LogP contribution < -0.4 is 5.73 Å². The molecule has 2 N–H and O–H groups in total. The van der Waals surface area contributed by atoms with Gasteiger partial charge in [0.15, 0.2) is 5.82 Å². The number of rotatable bonds is 6. The summed E-state index contributed by atoms with van der Waals surface area (Å²) in [5.41, 5.74) is 8.00. The molecule has 0 radical (unpaired) electrons. The van der Waals surface area contributed by atoms with Crippen LogP contribution in [0.5, 0.6) is 0 Å². The minimum Gasteiger partial charge on any atom is -0.359 e. The Balaban J connectivity index is 0.00000196. The summed E-state index contributed by atoms with van der Waals surface area (Å²) in [4.78, 5) is 4.44. The van der Waals surface area contributed by atoms with Gasteiger partial charge in [0.05, 0.1) is 5.54 Å². The summed E-state index contributed by atoms with van der Waals surface area (Å²) in [7, 11) is 0. The summed E-state index contributed by atoms with van der Waals surface area (Å²) in [5, 5.41) is 4.04. The minimum absolute atomic E-state index is 0. The molecule has 0 spiro atoms. The summed E-state index contributed by atoms with van der Waals surface area (Å²) < 4.78 is 11.5. The highest BCUT2D eigenvalue weighted by Gasteiger charge is 2.39. The fourth-order valence-corrected chi connectivity index (χ4v) is 3.09. The molecule has 0 amide bonds. The van der Waals surface area contributed by atoms with Crippen molar-refractivity contribution in [2.75, 3.05) is 0 Å². The van der Waals surface area contributed by atoms with E-state index in [4.69, 9.17) is 15.0 Å². The van der Waals surface area contributed by atoms with Gasteiger partial charge in [-0.2, -0.15) is 4.98 Å². The van der Waals surface area contributed by atoms with Crippen molar-refractivity contribution in [2.24, 2.45) is 5.73 Å². The third-order valence-corrected chi connectivity index (χ3v) is 4.74. The van der Waals surface area contributed by atoms with E-state index in [1.54, 1.807) is 0 Å². The molecule has 0 bridgehead atoms. The molecule has 1 saturated carbocycles. The Hall–Kier alpha value is -2.21. The van der Waals surface area contributed by atoms with E-state index < -0.39 is 5.54 Å². The number of nitrogens with two attached hydrogens (primary N) is 1. The first kappa shape index (κ1) is 18.6. The van der Waals surface area contributed by atoms with Gasteiger partial charge in [-0.05, 0) is 30.4 Å². The smallest absolute Gasteiger partial charge is 0.252 e. The van der Waals surface area contributed by atoms with Crippen LogP contribution in [0.25, 0.3) is 0 Å². The number of benzene rings is 2. The monoisotopic (exact) mass is 371 g/mol. The molecule has 1 heterocycles. The maximum absolute atomic E-state index is 6.25. The lowest BCUT2D eigenvalue weighted by Crippen LogP contribution is -2.44.